The molecule has 0 spiro atoms. The normalized spacial score (nSPS) is 23.1. The minimum atomic E-state index is -1.18. The van der Waals surface area contributed by atoms with Crippen LogP contribution in [0.3, 0.4) is 0 Å². The zero-order chi connectivity index (χ0) is 59.4. The van der Waals surface area contributed by atoms with E-state index in [2.05, 4.69) is 50.9 Å². The third-order valence-electron chi connectivity index (χ3n) is 15.0. The highest BCUT2D eigenvalue weighted by Crippen LogP contribution is 2.40. The fraction of sp³-hybridized carbons (Fsp3) is 0.679. The molecule has 80 heavy (non-hydrogen) atoms. The van der Waals surface area contributed by atoms with Crippen LogP contribution in [-0.4, -0.2) is 190 Å². The lowest BCUT2D eigenvalue weighted by molar-refractivity contribution is -0.147. The predicted molar refractivity (Wildman–Crippen MR) is 309 cm³/mol. The number of carbonyl (C=O) groups is 9. The maximum Gasteiger partial charge on any atom is 0.326 e. The van der Waals surface area contributed by atoms with Crippen LogP contribution in [0.4, 0.5) is 0 Å². The SMILES string of the molecule is C=N/C1=N\C(NC(=O)CCC(=O)N(C)C(C(=O)NCC(=O)N(C)C(C(C)CC)C(CC(=O)N2CCCC2C(OC)C(C)C(=O)NC(Cc2ccccc2)C(=O)O)OC)C(C)C)=N/SC2CCCC(C2)SC2CC(=O)N1C2=O.CCC. The first-order valence-electron chi connectivity index (χ1n) is 27.9. The second-order valence-electron chi connectivity index (χ2n) is 21.3. The van der Waals surface area contributed by atoms with Gasteiger partial charge in [-0.2, -0.15) is 9.39 Å². The summed E-state index contributed by atoms with van der Waals surface area (Å²) < 4.78 is 16.3. The van der Waals surface area contributed by atoms with E-state index in [4.69, 9.17) is 9.47 Å². The summed E-state index contributed by atoms with van der Waals surface area (Å²) in [7, 11) is 5.96. The van der Waals surface area contributed by atoms with Gasteiger partial charge in [0.25, 0.3) is 0 Å². The molecule has 0 radical (unpaired) electrons. The number of imide groups is 1. The van der Waals surface area contributed by atoms with Gasteiger partial charge in [0.15, 0.2) is 0 Å². The highest BCUT2D eigenvalue weighted by Gasteiger charge is 2.45. The van der Waals surface area contributed by atoms with E-state index < -0.39 is 107 Å². The molecule has 3 aliphatic heterocycles. The van der Waals surface area contributed by atoms with Gasteiger partial charge in [-0.25, -0.2) is 14.7 Å². The van der Waals surface area contributed by atoms with Crippen LogP contribution >= 0.6 is 23.7 Å². The Morgan fingerprint density at radius 3 is 2.19 bits per heavy atom. The number of nitrogens with one attached hydrogen (secondary N) is 3. The molecule has 1 aromatic carbocycles. The standard InChI is InChI=1S/C53H78N10O12S2.C3H8/c1-11-31(4)46(38(74-9)27-42(66)62-24-16-21-37(62)47(75-10)32(5)48(69)56-36(51(72)73)25-33-17-13-12-14-18-33)61(8)44(68)29-55-49(70)45(30(2)3)60(7)41(65)23-22-40(64)57-52-58-53(54-6)63-43(67)28-39(50(63)71)76-34-19-15-20-35(26-34)77-59-52;1-3-2/h12-14,17-18,30-32,34-39,45-47H,6,11,15-16,19-29H2,1-5,7-10H3,(H,55,70)(H,56,69)(H,72,73)(H,57,59,64);3H2,1-2H3/b58-53+;. The molecule has 22 nitrogen and oxygen atoms in total. The summed E-state index contributed by atoms with van der Waals surface area (Å²) in [6, 6.07) is 5.66. The second-order valence-corrected chi connectivity index (χ2v) is 23.9. The molecule has 24 heteroatoms. The monoisotopic (exact) mass is 1150 g/mol. The van der Waals surface area contributed by atoms with Crippen molar-refractivity contribution < 1.29 is 57.7 Å². The number of carboxylic acid groups (broad SMARTS) is 1. The lowest BCUT2D eigenvalue weighted by atomic mass is 9.90. The van der Waals surface area contributed by atoms with E-state index in [1.54, 1.807) is 57.0 Å². The zero-order valence-electron chi connectivity index (χ0n) is 48.5. The first-order valence-corrected chi connectivity index (χ1v) is 29.7. The average Bonchev–Trinajstić information content (AvgIpc) is 4.05. The molecule has 444 valence electrons. The summed E-state index contributed by atoms with van der Waals surface area (Å²) in [6.07, 6.45) is 4.32. The molecule has 11 atom stereocenters. The number of nitrogens with zero attached hydrogens (tertiary/aromatic N) is 7. The predicted octanol–water partition coefficient (Wildman–Crippen LogP) is 4.88. The highest BCUT2D eigenvalue weighted by atomic mass is 32.2. The number of amides is 8. The van der Waals surface area contributed by atoms with Crippen molar-refractivity contribution in [3.63, 3.8) is 0 Å². The molecule has 1 aromatic rings. The van der Waals surface area contributed by atoms with Crippen molar-refractivity contribution in [2.75, 3.05) is 41.4 Å². The number of benzene rings is 1. The quantitative estimate of drug-likeness (QED) is 0.0646. The number of aliphatic imine (C=N–C) groups is 2. The van der Waals surface area contributed by atoms with Crippen LogP contribution in [0.5, 0.6) is 0 Å². The molecule has 3 fully saturated rings. The van der Waals surface area contributed by atoms with Crippen molar-refractivity contribution in [1.82, 2.24) is 35.6 Å². The van der Waals surface area contributed by atoms with Crippen LogP contribution in [-0.2, 0) is 59.0 Å². The number of likely N-dealkylation sites (N-methyl/N-ethyl adjacent to an activating group) is 2. The number of hydrogen-bond acceptors (Lipinski definition) is 16. The molecular weight excluding hydrogens is 1070 g/mol. The average molecular weight is 1160 g/mol. The number of fused-ring (bicyclic) bond motifs is 4. The Bertz CT molecular complexity index is 2400. The molecule has 4 N–H and O–H groups in total. The summed E-state index contributed by atoms with van der Waals surface area (Å²) in [5, 5.41) is 17.6. The summed E-state index contributed by atoms with van der Waals surface area (Å²) in [5.74, 6) is -7.03. The molecule has 4 bridgehead atoms. The largest absolute Gasteiger partial charge is 0.480 e. The van der Waals surface area contributed by atoms with Gasteiger partial charge in [-0.15, -0.1) is 11.8 Å². The van der Waals surface area contributed by atoms with Gasteiger partial charge in [0.05, 0.1) is 48.4 Å². The Kier molecular flexibility index (Phi) is 27.3. The molecule has 0 aromatic heterocycles. The molecule has 2 saturated heterocycles. The van der Waals surface area contributed by atoms with E-state index in [0.717, 1.165) is 36.1 Å². The fourth-order valence-corrected chi connectivity index (χ4v) is 13.3. The number of aliphatic carboxylic acids is 1. The van der Waals surface area contributed by atoms with E-state index in [0.29, 0.717) is 25.8 Å². The lowest BCUT2D eigenvalue weighted by Crippen LogP contribution is -2.56. The Labute approximate surface area is 480 Å². The maximum absolute atomic E-state index is 14.3. The topological polar surface area (TPSA) is 278 Å². The number of methoxy groups -OCH3 is 2. The number of ether oxygens (including phenoxy) is 2. The number of rotatable bonds is 23. The van der Waals surface area contributed by atoms with Crippen LogP contribution < -0.4 is 16.0 Å². The Balaban J connectivity index is 0.00000449. The summed E-state index contributed by atoms with van der Waals surface area (Å²) in [6.45, 7) is 16.7. The molecule has 1 aliphatic carbocycles. The van der Waals surface area contributed by atoms with E-state index in [1.165, 1.54) is 61.2 Å². The molecule has 1 saturated carbocycles. The smallest absolute Gasteiger partial charge is 0.326 e. The van der Waals surface area contributed by atoms with Gasteiger partial charge < -0.3 is 39.9 Å². The Morgan fingerprint density at radius 1 is 0.900 bits per heavy atom. The number of thioether (sulfide) groups is 1. The Hall–Kier alpha value is -5.72. The van der Waals surface area contributed by atoms with Gasteiger partial charge in [0, 0.05) is 71.0 Å². The molecular formula is C56H86N10O12S2. The van der Waals surface area contributed by atoms with Gasteiger partial charge >= 0.3 is 5.97 Å². The number of hydrogen-bond donors (Lipinski definition) is 4. The van der Waals surface area contributed by atoms with Crippen molar-refractivity contribution in [1.29, 1.82) is 0 Å². The number of guanidine groups is 2. The van der Waals surface area contributed by atoms with Crippen molar-refractivity contribution in [3.8, 4) is 0 Å². The summed E-state index contributed by atoms with van der Waals surface area (Å²) in [4.78, 5) is 135. The summed E-state index contributed by atoms with van der Waals surface area (Å²) in [5.41, 5.74) is 0.749. The van der Waals surface area contributed by atoms with Gasteiger partial charge in [0.1, 0.15) is 12.1 Å². The van der Waals surface area contributed by atoms with Crippen LogP contribution in [0, 0.1) is 17.8 Å². The van der Waals surface area contributed by atoms with Crippen molar-refractivity contribution >= 4 is 95.6 Å². The first kappa shape index (κ1) is 66.8. The molecule has 4 aliphatic rings. The van der Waals surface area contributed by atoms with Crippen molar-refractivity contribution in [2.45, 2.75) is 184 Å². The first-order chi connectivity index (χ1) is 38.0. The molecule has 11 unspecified atom stereocenters. The van der Waals surface area contributed by atoms with Crippen LogP contribution in [0.25, 0.3) is 0 Å². The van der Waals surface area contributed by atoms with Gasteiger partial charge in [-0.05, 0) is 68.2 Å². The Morgan fingerprint density at radius 2 is 1.57 bits per heavy atom. The minimum absolute atomic E-state index is 0.00214. The van der Waals surface area contributed by atoms with Crippen LogP contribution in [0.2, 0.25) is 0 Å². The number of carboxylic acids is 1. The maximum atomic E-state index is 14.3. The van der Waals surface area contributed by atoms with Crippen molar-refractivity contribution in [2.24, 2.45) is 32.1 Å². The number of likely N-dealkylation sites (tertiary alicyclic amines) is 1. The fourth-order valence-electron chi connectivity index (χ4n) is 10.7. The van der Waals surface area contributed by atoms with Gasteiger partial charge in [-0.1, -0.05) is 98.1 Å². The molecule has 8 amide bonds. The third-order valence-corrected chi connectivity index (χ3v) is 17.5. The van der Waals surface area contributed by atoms with Crippen LogP contribution in [0.15, 0.2) is 44.7 Å². The third kappa shape index (κ3) is 18.4. The zero-order valence-corrected chi connectivity index (χ0v) is 50.1. The minimum Gasteiger partial charge on any atom is -0.480 e. The number of carbonyl (C=O) groups excluding carboxylic acids is 8. The highest BCUT2D eigenvalue weighted by molar-refractivity contribution is 8.01. The lowest BCUT2D eigenvalue weighted by Gasteiger charge is -2.39. The molecule has 3 heterocycles. The van der Waals surface area contributed by atoms with Crippen molar-refractivity contribution in [3.05, 3.63) is 35.9 Å². The van der Waals surface area contributed by atoms with Gasteiger partial charge in [-0.3, -0.25) is 43.7 Å². The van der Waals surface area contributed by atoms with Gasteiger partial charge in [0.2, 0.25) is 59.2 Å². The molecule has 5 rings (SSSR count). The van der Waals surface area contributed by atoms with Crippen LogP contribution in [0.1, 0.15) is 131 Å². The van der Waals surface area contributed by atoms with E-state index in [-0.39, 0.29) is 66.3 Å². The van der Waals surface area contributed by atoms with E-state index >= 15 is 0 Å². The van der Waals surface area contributed by atoms with E-state index in [9.17, 15) is 48.3 Å². The summed E-state index contributed by atoms with van der Waals surface area (Å²) >= 11 is 2.75. The van der Waals surface area contributed by atoms with E-state index in [1.807, 2.05) is 19.9 Å². The second kappa shape index (κ2) is 32.7.